The van der Waals surface area contributed by atoms with Crippen LogP contribution in [0.5, 0.6) is 0 Å². The highest BCUT2D eigenvalue weighted by Crippen LogP contribution is 2.36. The Morgan fingerprint density at radius 3 is 2.35 bits per heavy atom. The van der Waals surface area contributed by atoms with Crippen molar-refractivity contribution in [2.45, 2.75) is 65.7 Å². The summed E-state index contributed by atoms with van der Waals surface area (Å²) < 4.78 is 5.96. The van der Waals surface area contributed by atoms with Gasteiger partial charge in [-0.1, -0.05) is 19.4 Å². The minimum Gasteiger partial charge on any atom is -0.375 e. The lowest BCUT2D eigenvalue weighted by Gasteiger charge is -2.30. The fourth-order valence-corrected chi connectivity index (χ4v) is 3.04. The third kappa shape index (κ3) is 3.82. The van der Waals surface area contributed by atoms with E-state index in [0.717, 1.165) is 13.0 Å². The van der Waals surface area contributed by atoms with Gasteiger partial charge in [0.15, 0.2) is 0 Å². The average molecular weight is 239 g/mol. The molecule has 0 aromatic carbocycles. The first-order valence-corrected chi connectivity index (χ1v) is 7.00. The first-order valence-electron chi connectivity index (χ1n) is 7.00. The molecule has 2 nitrogen and oxygen atoms in total. The molecule has 0 saturated carbocycles. The number of nitrogens with one attached hydrogen (secondary N) is 1. The van der Waals surface area contributed by atoms with Gasteiger partial charge < -0.3 is 10.1 Å². The summed E-state index contributed by atoms with van der Waals surface area (Å²) in [5.41, 5.74) is 1.26. The lowest BCUT2D eigenvalue weighted by atomic mass is 9.81. The zero-order chi connectivity index (χ0) is 13.0. The summed E-state index contributed by atoms with van der Waals surface area (Å²) in [5.74, 6) is 1.23. The molecule has 0 aromatic heterocycles. The quantitative estimate of drug-likeness (QED) is 0.717. The van der Waals surface area contributed by atoms with Gasteiger partial charge in [-0.05, 0) is 46.1 Å². The predicted octanol–water partition coefficient (Wildman–Crippen LogP) is 3.38. The Morgan fingerprint density at radius 1 is 1.29 bits per heavy atom. The Morgan fingerprint density at radius 2 is 1.94 bits per heavy atom. The molecule has 1 aliphatic heterocycles. The van der Waals surface area contributed by atoms with Crippen LogP contribution in [0, 0.1) is 11.8 Å². The molecule has 1 aliphatic rings. The van der Waals surface area contributed by atoms with Crippen molar-refractivity contribution in [1.29, 1.82) is 0 Å². The van der Waals surface area contributed by atoms with Crippen LogP contribution in [0.15, 0.2) is 12.2 Å². The van der Waals surface area contributed by atoms with Crippen LogP contribution in [0.2, 0.25) is 0 Å². The third-order valence-electron chi connectivity index (χ3n) is 4.01. The standard InChI is InChI=1S/C15H29NO/c1-7-8-16-14(9-10(2)3)15-11(4)12(5)17-13(15)6/h11-16H,2,7-9H2,1,3-6H3. The molecule has 0 aliphatic carbocycles. The summed E-state index contributed by atoms with van der Waals surface area (Å²) in [5, 5.41) is 3.68. The summed E-state index contributed by atoms with van der Waals surface area (Å²) >= 11 is 0. The van der Waals surface area contributed by atoms with Crippen LogP contribution < -0.4 is 5.32 Å². The lowest BCUT2D eigenvalue weighted by Crippen LogP contribution is -2.42. The smallest absolute Gasteiger partial charge is 0.0597 e. The van der Waals surface area contributed by atoms with Gasteiger partial charge in [0.2, 0.25) is 0 Å². The normalized spacial score (nSPS) is 34.9. The Balaban J connectivity index is 2.70. The summed E-state index contributed by atoms with van der Waals surface area (Å²) in [4.78, 5) is 0. The monoisotopic (exact) mass is 239 g/mol. The molecule has 17 heavy (non-hydrogen) atoms. The molecule has 0 bridgehead atoms. The molecule has 0 aromatic rings. The molecule has 5 unspecified atom stereocenters. The molecule has 1 fully saturated rings. The molecule has 2 heteroatoms. The van der Waals surface area contributed by atoms with Crippen LogP contribution in [0.4, 0.5) is 0 Å². The van der Waals surface area contributed by atoms with E-state index in [0.29, 0.717) is 30.1 Å². The highest BCUT2D eigenvalue weighted by molar-refractivity contribution is 4.99. The van der Waals surface area contributed by atoms with Crippen LogP contribution in [0.1, 0.15) is 47.5 Å². The van der Waals surface area contributed by atoms with E-state index in [1.165, 1.54) is 12.0 Å². The molecule has 1 N–H and O–H groups in total. The minimum atomic E-state index is 0.355. The zero-order valence-electron chi connectivity index (χ0n) is 12.1. The SMILES string of the molecule is C=C(C)CC(NCCC)C1C(C)OC(C)C1C. The highest BCUT2D eigenvalue weighted by atomic mass is 16.5. The second-order valence-electron chi connectivity index (χ2n) is 5.70. The second kappa shape index (κ2) is 6.55. The zero-order valence-corrected chi connectivity index (χ0v) is 12.1. The summed E-state index contributed by atoms with van der Waals surface area (Å²) in [6.07, 6.45) is 2.98. The van der Waals surface area contributed by atoms with Gasteiger partial charge >= 0.3 is 0 Å². The Bertz CT molecular complexity index is 251. The van der Waals surface area contributed by atoms with Crippen molar-refractivity contribution in [3.63, 3.8) is 0 Å². The van der Waals surface area contributed by atoms with Gasteiger partial charge in [0.25, 0.3) is 0 Å². The van der Waals surface area contributed by atoms with Gasteiger partial charge in [-0.3, -0.25) is 0 Å². The van der Waals surface area contributed by atoms with Crippen molar-refractivity contribution in [2.24, 2.45) is 11.8 Å². The average Bonchev–Trinajstić information content (AvgIpc) is 2.48. The summed E-state index contributed by atoms with van der Waals surface area (Å²) in [6, 6.07) is 0.516. The molecule has 100 valence electrons. The Kier molecular flexibility index (Phi) is 5.68. The van der Waals surface area contributed by atoms with Crippen molar-refractivity contribution in [2.75, 3.05) is 6.54 Å². The van der Waals surface area contributed by atoms with Crippen molar-refractivity contribution >= 4 is 0 Å². The first-order chi connectivity index (χ1) is 7.97. The van der Waals surface area contributed by atoms with Crippen LogP contribution in [-0.2, 0) is 4.74 Å². The molecule has 1 rings (SSSR count). The van der Waals surface area contributed by atoms with Crippen LogP contribution in [0.25, 0.3) is 0 Å². The van der Waals surface area contributed by atoms with Gasteiger partial charge in [0.1, 0.15) is 0 Å². The van der Waals surface area contributed by atoms with E-state index >= 15 is 0 Å². The molecule has 1 heterocycles. The van der Waals surface area contributed by atoms with Crippen LogP contribution >= 0.6 is 0 Å². The van der Waals surface area contributed by atoms with Crippen molar-refractivity contribution in [3.05, 3.63) is 12.2 Å². The number of hydrogen-bond donors (Lipinski definition) is 1. The van der Waals surface area contributed by atoms with Crippen LogP contribution in [-0.4, -0.2) is 24.8 Å². The van der Waals surface area contributed by atoms with Crippen LogP contribution in [0.3, 0.4) is 0 Å². The summed E-state index contributed by atoms with van der Waals surface area (Å²) in [7, 11) is 0. The van der Waals surface area contributed by atoms with Gasteiger partial charge in [-0.25, -0.2) is 0 Å². The largest absolute Gasteiger partial charge is 0.375 e. The van der Waals surface area contributed by atoms with E-state index in [1.54, 1.807) is 0 Å². The number of ether oxygens (including phenoxy) is 1. The summed E-state index contributed by atoms with van der Waals surface area (Å²) in [6.45, 7) is 16.2. The molecule has 5 atom stereocenters. The Labute approximate surface area is 107 Å². The maximum absolute atomic E-state index is 5.96. The maximum atomic E-state index is 5.96. The van der Waals surface area contributed by atoms with Crippen molar-refractivity contribution in [3.8, 4) is 0 Å². The predicted molar refractivity (Wildman–Crippen MR) is 74.2 cm³/mol. The molecular formula is C15H29NO. The van der Waals surface area contributed by atoms with E-state index < -0.39 is 0 Å². The van der Waals surface area contributed by atoms with Gasteiger partial charge in [-0.15, -0.1) is 6.58 Å². The molecule has 1 saturated heterocycles. The molecule has 0 spiro atoms. The third-order valence-corrected chi connectivity index (χ3v) is 4.01. The fraction of sp³-hybridized carbons (Fsp3) is 0.867. The van der Waals surface area contributed by atoms with E-state index in [4.69, 9.17) is 4.74 Å². The van der Waals surface area contributed by atoms with E-state index in [1.807, 2.05) is 0 Å². The van der Waals surface area contributed by atoms with Crippen molar-refractivity contribution in [1.82, 2.24) is 5.32 Å². The van der Waals surface area contributed by atoms with Gasteiger partial charge in [0.05, 0.1) is 12.2 Å². The first kappa shape index (κ1) is 14.7. The van der Waals surface area contributed by atoms with E-state index in [9.17, 15) is 0 Å². The maximum Gasteiger partial charge on any atom is 0.0597 e. The molecular weight excluding hydrogens is 210 g/mol. The second-order valence-corrected chi connectivity index (χ2v) is 5.70. The topological polar surface area (TPSA) is 21.3 Å². The Hall–Kier alpha value is -0.340. The van der Waals surface area contributed by atoms with Gasteiger partial charge in [-0.2, -0.15) is 0 Å². The molecule has 0 radical (unpaired) electrons. The van der Waals surface area contributed by atoms with E-state index in [2.05, 4.69) is 46.5 Å². The number of hydrogen-bond acceptors (Lipinski definition) is 2. The lowest BCUT2D eigenvalue weighted by molar-refractivity contribution is 0.0476. The fourth-order valence-electron chi connectivity index (χ4n) is 3.04. The molecule has 0 amide bonds. The number of rotatable bonds is 6. The van der Waals surface area contributed by atoms with E-state index in [-0.39, 0.29) is 0 Å². The highest BCUT2D eigenvalue weighted by Gasteiger charge is 2.41. The minimum absolute atomic E-state index is 0.355. The van der Waals surface area contributed by atoms with Gasteiger partial charge in [0, 0.05) is 12.0 Å². The van der Waals surface area contributed by atoms with Crippen molar-refractivity contribution < 1.29 is 4.74 Å².